The minimum atomic E-state index is -0.0989. The van der Waals surface area contributed by atoms with Crippen LogP contribution in [-0.4, -0.2) is 31.5 Å². The van der Waals surface area contributed by atoms with Gasteiger partial charge in [0.25, 0.3) is 5.91 Å². The van der Waals surface area contributed by atoms with Gasteiger partial charge < -0.3 is 9.88 Å². The van der Waals surface area contributed by atoms with Gasteiger partial charge >= 0.3 is 0 Å². The fourth-order valence-corrected chi connectivity index (χ4v) is 3.87. The van der Waals surface area contributed by atoms with Crippen LogP contribution in [0.25, 0.3) is 10.2 Å². The molecule has 3 aromatic rings. The Morgan fingerprint density at radius 3 is 3.09 bits per heavy atom. The molecular weight excluding hydrogens is 298 g/mol. The van der Waals surface area contributed by atoms with Gasteiger partial charge in [-0.05, 0) is 25.3 Å². The highest BCUT2D eigenvalue weighted by Gasteiger charge is 2.30. The lowest BCUT2D eigenvalue weighted by Crippen LogP contribution is -2.38. The van der Waals surface area contributed by atoms with E-state index in [0.717, 1.165) is 29.5 Å². The fourth-order valence-electron chi connectivity index (χ4n) is 3.04. The van der Waals surface area contributed by atoms with E-state index in [9.17, 15) is 4.79 Å². The van der Waals surface area contributed by atoms with Crippen molar-refractivity contribution in [1.82, 2.24) is 24.8 Å². The molecule has 0 radical (unpaired) electrons. The van der Waals surface area contributed by atoms with E-state index in [2.05, 4.69) is 24.8 Å². The zero-order valence-electron chi connectivity index (χ0n) is 11.8. The van der Waals surface area contributed by atoms with Crippen LogP contribution < -0.4 is 5.32 Å². The highest BCUT2D eigenvalue weighted by atomic mass is 32.1. The van der Waals surface area contributed by atoms with Crippen molar-refractivity contribution in [1.29, 1.82) is 0 Å². The second-order valence-electron chi connectivity index (χ2n) is 5.45. The predicted octanol–water partition coefficient (Wildman–Crippen LogP) is 2.41. The first-order valence-electron chi connectivity index (χ1n) is 7.30. The molecular formula is C15H15N5OS. The lowest BCUT2D eigenvalue weighted by Gasteiger charge is -2.21. The molecule has 4 rings (SSSR count). The van der Waals surface area contributed by atoms with Crippen molar-refractivity contribution in [2.75, 3.05) is 0 Å². The molecule has 1 fully saturated rings. The summed E-state index contributed by atoms with van der Waals surface area (Å²) in [6.07, 6.45) is 12.1. The Labute approximate surface area is 131 Å². The van der Waals surface area contributed by atoms with Gasteiger partial charge in [-0.1, -0.05) is 0 Å². The second-order valence-corrected chi connectivity index (χ2v) is 6.48. The van der Waals surface area contributed by atoms with Crippen molar-refractivity contribution >= 4 is 27.5 Å². The van der Waals surface area contributed by atoms with Crippen LogP contribution in [0.15, 0.2) is 37.2 Å². The number of hydrogen-bond acceptors (Lipinski definition) is 5. The Morgan fingerprint density at radius 1 is 1.32 bits per heavy atom. The molecule has 2 atom stereocenters. The minimum absolute atomic E-state index is 0.0989. The number of rotatable bonds is 3. The summed E-state index contributed by atoms with van der Waals surface area (Å²) in [6.45, 7) is 0. The maximum Gasteiger partial charge on any atom is 0.280 e. The van der Waals surface area contributed by atoms with Crippen LogP contribution >= 0.6 is 11.3 Å². The molecule has 1 saturated carbocycles. The first kappa shape index (κ1) is 13.4. The molecule has 0 unspecified atom stereocenters. The summed E-state index contributed by atoms with van der Waals surface area (Å²) >= 11 is 1.41. The van der Waals surface area contributed by atoms with Gasteiger partial charge in [0.1, 0.15) is 5.52 Å². The monoisotopic (exact) mass is 313 g/mol. The smallest absolute Gasteiger partial charge is 0.280 e. The molecule has 1 aliphatic rings. The second kappa shape index (κ2) is 5.49. The van der Waals surface area contributed by atoms with Crippen molar-refractivity contribution in [3.8, 4) is 0 Å². The highest BCUT2D eigenvalue weighted by molar-refractivity contribution is 7.20. The zero-order chi connectivity index (χ0) is 14.9. The summed E-state index contributed by atoms with van der Waals surface area (Å²) in [5.74, 6) is -0.0989. The quantitative estimate of drug-likeness (QED) is 0.806. The molecule has 0 spiro atoms. The summed E-state index contributed by atoms with van der Waals surface area (Å²) in [5.41, 5.74) is 0.773. The van der Waals surface area contributed by atoms with Crippen molar-refractivity contribution in [2.45, 2.75) is 31.3 Å². The van der Waals surface area contributed by atoms with Crippen molar-refractivity contribution in [2.24, 2.45) is 0 Å². The van der Waals surface area contributed by atoms with Crippen molar-refractivity contribution in [3.63, 3.8) is 0 Å². The first-order valence-corrected chi connectivity index (χ1v) is 8.12. The Kier molecular flexibility index (Phi) is 3.34. The van der Waals surface area contributed by atoms with E-state index in [1.165, 1.54) is 11.3 Å². The number of nitrogens with one attached hydrogen (secondary N) is 1. The first-order chi connectivity index (χ1) is 10.8. The van der Waals surface area contributed by atoms with Gasteiger partial charge in [0.15, 0.2) is 5.01 Å². The lowest BCUT2D eigenvalue weighted by molar-refractivity contribution is 0.0928. The maximum absolute atomic E-state index is 12.5. The molecule has 1 aliphatic carbocycles. The number of fused-ring (bicyclic) bond motifs is 1. The van der Waals surface area contributed by atoms with Gasteiger partial charge in [-0.2, -0.15) is 0 Å². The molecule has 0 aliphatic heterocycles. The molecule has 1 N–H and O–H groups in total. The average molecular weight is 313 g/mol. The number of aromatic nitrogens is 4. The van der Waals surface area contributed by atoms with E-state index in [4.69, 9.17) is 0 Å². The molecule has 3 heterocycles. The molecule has 0 bridgehead atoms. The molecule has 1 amide bonds. The topological polar surface area (TPSA) is 72.7 Å². The SMILES string of the molecule is O=C(N[C@@H]1CCC[C@@H]1n1ccnc1)c1nc2cnccc2s1. The van der Waals surface area contributed by atoms with E-state index in [1.54, 1.807) is 18.6 Å². The molecule has 22 heavy (non-hydrogen) atoms. The van der Waals surface area contributed by atoms with E-state index in [0.29, 0.717) is 5.01 Å². The van der Waals surface area contributed by atoms with Gasteiger partial charge in [0.2, 0.25) is 0 Å². The number of carbonyl (C=O) groups excluding carboxylic acids is 1. The number of hydrogen-bond donors (Lipinski definition) is 1. The van der Waals surface area contributed by atoms with E-state index in [1.807, 2.05) is 18.6 Å². The third-order valence-electron chi connectivity index (χ3n) is 4.09. The molecule has 3 aromatic heterocycles. The summed E-state index contributed by atoms with van der Waals surface area (Å²) in [7, 11) is 0. The molecule has 7 heteroatoms. The van der Waals surface area contributed by atoms with Gasteiger partial charge in [0, 0.05) is 24.6 Å². The van der Waals surface area contributed by atoms with E-state index >= 15 is 0 Å². The van der Waals surface area contributed by atoms with Crippen LogP contribution in [0.1, 0.15) is 35.1 Å². The average Bonchev–Trinajstić information content (AvgIpc) is 3.26. The minimum Gasteiger partial charge on any atom is -0.345 e. The van der Waals surface area contributed by atoms with Crippen LogP contribution in [0.5, 0.6) is 0 Å². The largest absolute Gasteiger partial charge is 0.345 e. The summed E-state index contributed by atoms with van der Waals surface area (Å²) in [5, 5.41) is 3.63. The highest BCUT2D eigenvalue weighted by Crippen LogP contribution is 2.30. The van der Waals surface area contributed by atoms with Crippen LogP contribution in [0.4, 0.5) is 0 Å². The number of imidazole rings is 1. The van der Waals surface area contributed by atoms with Gasteiger partial charge in [-0.15, -0.1) is 11.3 Å². The maximum atomic E-state index is 12.5. The van der Waals surface area contributed by atoms with Crippen molar-refractivity contribution < 1.29 is 4.79 Å². The standard InChI is InChI=1S/C15H15N5OS/c21-14(15-19-11-8-16-5-4-13(11)22-15)18-10-2-1-3-12(10)20-7-6-17-9-20/h4-10,12H,1-3H2,(H,18,21)/t10-,12+/m1/s1. The summed E-state index contributed by atoms with van der Waals surface area (Å²) in [4.78, 5) is 25.0. The molecule has 112 valence electrons. The number of amides is 1. The molecule has 0 saturated heterocycles. The molecule has 0 aromatic carbocycles. The van der Waals surface area contributed by atoms with Gasteiger partial charge in [-0.25, -0.2) is 9.97 Å². The van der Waals surface area contributed by atoms with Gasteiger partial charge in [0.05, 0.1) is 23.3 Å². The third-order valence-corrected chi connectivity index (χ3v) is 5.12. The van der Waals surface area contributed by atoms with Crippen LogP contribution in [-0.2, 0) is 0 Å². The summed E-state index contributed by atoms with van der Waals surface area (Å²) < 4.78 is 3.07. The third kappa shape index (κ3) is 2.37. The Bertz CT molecular complexity index is 764. The Hall–Kier alpha value is -2.28. The zero-order valence-corrected chi connectivity index (χ0v) is 12.7. The van der Waals surface area contributed by atoms with E-state index < -0.39 is 0 Å². The van der Waals surface area contributed by atoms with Gasteiger partial charge in [-0.3, -0.25) is 9.78 Å². The number of nitrogens with zero attached hydrogens (tertiary/aromatic N) is 4. The van der Waals surface area contributed by atoms with Crippen LogP contribution in [0.2, 0.25) is 0 Å². The summed E-state index contributed by atoms with van der Waals surface area (Å²) in [6, 6.07) is 2.29. The van der Waals surface area contributed by atoms with Crippen LogP contribution in [0, 0.1) is 0 Å². The number of carbonyl (C=O) groups is 1. The Balaban J connectivity index is 1.53. The number of thiazole rings is 1. The van der Waals surface area contributed by atoms with Crippen molar-refractivity contribution in [3.05, 3.63) is 42.2 Å². The fraction of sp³-hybridized carbons (Fsp3) is 0.333. The Morgan fingerprint density at radius 2 is 2.27 bits per heavy atom. The van der Waals surface area contributed by atoms with Crippen LogP contribution in [0.3, 0.4) is 0 Å². The van der Waals surface area contributed by atoms with E-state index in [-0.39, 0.29) is 18.0 Å². The number of pyridine rings is 1. The normalized spacial score (nSPS) is 21.3. The molecule has 6 nitrogen and oxygen atoms in total. The lowest BCUT2D eigenvalue weighted by atomic mass is 10.1. The predicted molar refractivity (Wildman–Crippen MR) is 83.8 cm³/mol.